The zero-order valence-electron chi connectivity index (χ0n) is 11.7. The maximum Gasteiger partial charge on any atom is 0.220 e. The summed E-state index contributed by atoms with van der Waals surface area (Å²) in [5.41, 5.74) is 0.996. The standard InChI is InChI=1S/C15H19NO4S/c17-15(9-11-6-8-21(18,19)10-11)16-13-5-7-20-14-4-2-1-3-12(13)14/h1-4,11,13H,5-10H2,(H,16,17)/t11-,13-/m0/s1. The van der Waals surface area contributed by atoms with Crippen LogP contribution in [0.4, 0.5) is 0 Å². The number of benzene rings is 1. The van der Waals surface area contributed by atoms with Crippen LogP contribution in [0.3, 0.4) is 0 Å². The molecule has 0 aromatic heterocycles. The van der Waals surface area contributed by atoms with E-state index in [1.165, 1.54) is 0 Å². The highest BCUT2D eigenvalue weighted by Gasteiger charge is 2.30. The molecule has 0 aliphatic carbocycles. The molecule has 2 aliphatic heterocycles. The maximum absolute atomic E-state index is 12.1. The van der Waals surface area contributed by atoms with Crippen LogP contribution < -0.4 is 10.1 Å². The van der Waals surface area contributed by atoms with Crippen molar-refractivity contribution in [1.82, 2.24) is 5.32 Å². The number of fused-ring (bicyclic) bond motifs is 1. The number of hydrogen-bond donors (Lipinski definition) is 1. The average Bonchev–Trinajstić information content (AvgIpc) is 2.78. The molecule has 2 heterocycles. The van der Waals surface area contributed by atoms with E-state index in [-0.39, 0.29) is 29.4 Å². The Hall–Kier alpha value is -1.56. The third-order valence-corrected chi connectivity index (χ3v) is 5.93. The van der Waals surface area contributed by atoms with Crippen LogP contribution in [0.1, 0.15) is 30.9 Å². The number of hydrogen-bond acceptors (Lipinski definition) is 4. The molecule has 2 atom stereocenters. The summed E-state index contributed by atoms with van der Waals surface area (Å²) in [6, 6.07) is 7.65. The molecule has 1 aromatic carbocycles. The van der Waals surface area contributed by atoms with Crippen LogP contribution >= 0.6 is 0 Å². The summed E-state index contributed by atoms with van der Waals surface area (Å²) in [6.07, 6.45) is 1.63. The molecule has 0 bridgehead atoms. The van der Waals surface area contributed by atoms with Gasteiger partial charge in [-0.3, -0.25) is 4.79 Å². The highest BCUT2D eigenvalue weighted by atomic mass is 32.2. The predicted octanol–water partition coefficient (Wildman–Crippen LogP) is 1.45. The molecule has 1 N–H and O–H groups in total. The monoisotopic (exact) mass is 309 g/mol. The minimum absolute atomic E-state index is 0.0370. The molecule has 3 rings (SSSR count). The Balaban J connectivity index is 1.61. The smallest absolute Gasteiger partial charge is 0.220 e. The molecule has 2 aliphatic rings. The highest BCUT2D eigenvalue weighted by molar-refractivity contribution is 7.91. The van der Waals surface area contributed by atoms with Gasteiger partial charge in [0.05, 0.1) is 24.2 Å². The lowest BCUT2D eigenvalue weighted by molar-refractivity contribution is -0.122. The van der Waals surface area contributed by atoms with Crippen LogP contribution in [0.5, 0.6) is 5.75 Å². The molecule has 1 aromatic rings. The first-order valence-electron chi connectivity index (χ1n) is 7.25. The maximum atomic E-state index is 12.1. The Bertz CT molecular complexity index is 641. The predicted molar refractivity (Wildman–Crippen MR) is 78.8 cm³/mol. The molecule has 0 saturated carbocycles. The van der Waals surface area contributed by atoms with E-state index in [1.807, 2.05) is 24.3 Å². The van der Waals surface area contributed by atoms with E-state index in [0.29, 0.717) is 19.4 Å². The summed E-state index contributed by atoms with van der Waals surface area (Å²) in [4.78, 5) is 12.1. The lowest BCUT2D eigenvalue weighted by Gasteiger charge is -2.27. The minimum atomic E-state index is -2.92. The van der Waals surface area contributed by atoms with Gasteiger partial charge in [-0.05, 0) is 18.4 Å². The summed E-state index contributed by atoms with van der Waals surface area (Å²) in [5.74, 6) is 1.07. The Morgan fingerprint density at radius 2 is 2.10 bits per heavy atom. The first kappa shape index (κ1) is 14.4. The fourth-order valence-electron chi connectivity index (χ4n) is 3.04. The molecule has 5 nitrogen and oxygen atoms in total. The number of ether oxygens (including phenoxy) is 1. The molecular weight excluding hydrogens is 290 g/mol. The lowest BCUT2D eigenvalue weighted by atomic mass is 9.99. The average molecular weight is 309 g/mol. The van der Waals surface area contributed by atoms with Crippen molar-refractivity contribution in [2.45, 2.75) is 25.3 Å². The zero-order valence-corrected chi connectivity index (χ0v) is 12.6. The van der Waals surface area contributed by atoms with Crippen molar-refractivity contribution in [3.05, 3.63) is 29.8 Å². The third kappa shape index (κ3) is 3.37. The molecule has 114 valence electrons. The van der Waals surface area contributed by atoms with E-state index >= 15 is 0 Å². The molecule has 0 spiro atoms. The summed E-state index contributed by atoms with van der Waals surface area (Å²) in [7, 11) is -2.92. The Morgan fingerprint density at radius 1 is 1.29 bits per heavy atom. The van der Waals surface area contributed by atoms with Gasteiger partial charge in [0.1, 0.15) is 5.75 Å². The van der Waals surface area contributed by atoms with Gasteiger partial charge in [0.25, 0.3) is 0 Å². The highest BCUT2D eigenvalue weighted by Crippen LogP contribution is 2.32. The van der Waals surface area contributed by atoms with E-state index in [0.717, 1.165) is 17.7 Å². The van der Waals surface area contributed by atoms with Crippen LogP contribution in [0, 0.1) is 5.92 Å². The van der Waals surface area contributed by atoms with E-state index in [1.54, 1.807) is 0 Å². The largest absolute Gasteiger partial charge is 0.493 e. The van der Waals surface area contributed by atoms with Crippen LogP contribution in [0.2, 0.25) is 0 Å². The Labute approximate surface area is 124 Å². The molecular formula is C15H19NO4S. The number of rotatable bonds is 3. The van der Waals surface area contributed by atoms with Crippen molar-refractivity contribution in [2.75, 3.05) is 18.1 Å². The van der Waals surface area contributed by atoms with E-state index in [9.17, 15) is 13.2 Å². The second-order valence-electron chi connectivity index (χ2n) is 5.77. The molecule has 1 saturated heterocycles. The van der Waals surface area contributed by atoms with Gasteiger partial charge in [-0.15, -0.1) is 0 Å². The molecule has 1 fully saturated rings. The van der Waals surface area contributed by atoms with Gasteiger partial charge in [0.15, 0.2) is 9.84 Å². The minimum Gasteiger partial charge on any atom is -0.493 e. The SMILES string of the molecule is O=C(C[C@@H]1CCS(=O)(=O)C1)N[C@H]1CCOc2ccccc21. The fraction of sp³-hybridized carbons (Fsp3) is 0.533. The Morgan fingerprint density at radius 3 is 2.86 bits per heavy atom. The number of carbonyl (C=O) groups excluding carboxylic acids is 1. The van der Waals surface area contributed by atoms with Crippen molar-refractivity contribution >= 4 is 15.7 Å². The quantitative estimate of drug-likeness (QED) is 0.917. The van der Waals surface area contributed by atoms with Gasteiger partial charge in [-0.1, -0.05) is 18.2 Å². The Kier molecular flexibility index (Phi) is 3.89. The van der Waals surface area contributed by atoms with Crippen LogP contribution in [-0.2, 0) is 14.6 Å². The summed E-state index contributed by atoms with van der Waals surface area (Å²) >= 11 is 0. The van der Waals surface area contributed by atoms with Crippen LogP contribution in [-0.4, -0.2) is 32.4 Å². The van der Waals surface area contributed by atoms with Gasteiger partial charge in [0, 0.05) is 18.4 Å². The normalized spacial score (nSPS) is 26.7. The van der Waals surface area contributed by atoms with Crippen molar-refractivity contribution in [2.24, 2.45) is 5.92 Å². The number of sulfone groups is 1. The topological polar surface area (TPSA) is 72.5 Å². The van der Waals surface area contributed by atoms with Crippen molar-refractivity contribution < 1.29 is 17.9 Å². The van der Waals surface area contributed by atoms with Crippen molar-refractivity contribution in [3.8, 4) is 5.75 Å². The third-order valence-electron chi connectivity index (χ3n) is 4.09. The molecule has 6 heteroatoms. The number of amides is 1. The lowest BCUT2D eigenvalue weighted by Crippen LogP contribution is -2.33. The first-order valence-corrected chi connectivity index (χ1v) is 9.07. The summed E-state index contributed by atoms with van der Waals surface area (Å²) in [5, 5.41) is 3.02. The van der Waals surface area contributed by atoms with E-state index in [4.69, 9.17) is 4.74 Å². The second-order valence-corrected chi connectivity index (χ2v) is 8.00. The summed E-state index contributed by atoms with van der Waals surface area (Å²) in [6.45, 7) is 0.583. The van der Waals surface area contributed by atoms with Gasteiger partial charge in [-0.25, -0.2) is 8.42 Å². The van der Waals surface area contributed by atoms with Gasteiger partial charge >= 0.3 is 0 Å². The van der Waals surface area contributed by atoms with Gasteiger partial charge in [0.2, 0.25) is 5.91 Å². The zero-order chi connectivity index (χ0) is 14.9. The summed E-state index contributed by atoms with van der Waals surface area (Å²) < 4.78 is 28.4. The second kappa shape index (κ2) is 5.67. The molecule has 0 radical (unpaired) electrons. The van der Waals surface area contributed by atoms with Gasteiger partial charge < -0.3 is 10.1 Å². The number of nitrogens with one attached hydrogen (secondary N) is 1. The van der Waals surface area contributed by atoms with E-state index in [2.05, 4.69) is 5.32 Å². The van der Waals surface area contributed by atoms with Gasteiger partial charge in [-0.2, -0.15) is 0 Å². The van der Waals surface area contributed by atoms with Crippen molar-refractivity contribution in [3.63, 3.8) is 0 Å². The number of para-hydroxylation sites is 1. The molecule has 0 unspecified atom stereocenters. The van der Waals surface area contributed by atoms with Crippen LogP contribution in [0.25, 0.3) is 0 Å². The molecule has 1 amide bonds. The fourth-order valence-corrected chi connectivity index (χ4v) is 4.90. The molecule has 21 heavy (non-hydrogen) atoms. The van der Waals surface area contributed by atoms with E-state index < -0.39 is 9.84 Å². The number of carbonyl (C=O) groups is 1. The first-order chi connectivity index (χ1) is 10.0. The van der Waals surface area contributed by atoms with Crippen LogP contribution in [0.15, 0.2) is 24.3 Å². The van der Waals surface area contributed by atoms with Crippen molar-refractivity contribution in [1.29, 1.82) is 0 Å².